The first-order chi connectivity index (χ1) is 13.5. The van der Waals surface area contributed by atoms with Crippen LogP contribution in [0, 0.1) is 0 Å². The molecule has 1 aromatic heterocycles. The highest BCUT2D eigenvalue weighted by molar-refractivity contribution is 6.35. The highest BCUT2D eigenvalue weighted by Gasteiger charge is 2.15. The van der Waals surface area contributed by atoms with Crippen LogP contribution in [0.25, 0.3) is 22.2 Å². The molecule has 0 spiro atoms. The van der Waals surface area contributed by atoms with Gasteiger partial charge >= 0.3 is 0 Å². The Hall–Kier alpha value is -2.59. The van der Waals surface area contributed by atoms with Crippen LogP contribution >= 0.6 is 34.8 Å². The van der Waals surface area contributed by atoms with Gasteiger partial charge in [-0.25, -0.2) is 4.98 Å². The Balaban J connectivity index is 1.83. The van der Waals surface area contributed by atoms with E-state index in [0.29, 0.717) is 37.5 Å². The van der Waals surface area contributed by atoms with Crippen LogP contribution in [0.5, 0.6) is 0 Å². The van der Waals surface area contributed by atoms with Gasteiger partial charge < -0.3 is 5.32 Å². The van der Waals surface area contributed by atoms with E-state index >= 15 is 0 Å². The number of amides is 1. The molecule has 0 saturated heterocycles. The first-order valence-electron chi connectivity index (χ1n) is 8.43. The van der Waals surface area contributed by atoms with E-state index in [1.807, 2.05) is 42.5 Å². The predicted octanol–water partition coefficient (Wildman–Crippen LogP) is 7.11. The molecule has 6 heteroatoms. The Morgan fingerprint density at radius 3 is 2.25 bits per heavy atom. The van der Waals surface area contributed by atoms with Crippen molar-refractivity contribution >= 4 is 57.3 Å². The number of anilines is 1. The molecule has 0 atom stereocenters. The van der Waals surface area contributed by atoms with Crippen LogP contribution in [-0.2, 0) is 0 Å². The maximum Gasteiger partial charge on any atom is 0.256 e. The van der Waals surface area contributed by atoms with Gasteiger partial charge in [-0.05, 0) is 36.4 Å². The zero-order valence-corrected chi connectivity index (χ0v) is 16.7. The lowest BCUT2D eigenvalue weighted by Gasteiger charge is -2.12. The van der Waals surface area contributed by atoms with E-state index in [1.165, 1.54) is 0 Å². The minimum absolute atomic E-state index is 0.287. The number of pyridine rings is 1. The molecule has 138 valence electrons. The number of halogens is 3. The van der Waals surface area contributed by atoms with Crippen molar-refractivity contribution in [2.24, 2.45) is 0 Å². The molecule has 1 heterocycles. The van der Waals surface area contributed by atoms with Gasteiger partial charge in [0.15, 0.2) is 0 Å². The zero-order valence-electron chi connectivity index (χ0n) is 14.4. The summed E-state index contributed by atoms with van der Waals surface area (Å²) in [7, 11) is 0. The number of carbonyl (C=O) groups excluding carboxylic acids is 1. The van der Waals surface area contributed by atoms with Crippen LogP contribution in [-0.4, -0.2) is 10.9 Å². The van der Waals surface area contributed by atoms with E-state index in [9.17, 15) is 4.79 Å². The molecule has 0 radical (unpaired) electrons. The molecule has 0 aliphatic carbocycles. The number of para-hydroxylation sites is 1. The molecule has 4 aromatic rings. The summed E-state index contributed by atoms with van der Waals surface area (Å²) in [6, 6.07) is 21.5. The van der Waals surface area contributed by atoms with Gasteiger partial charge in [0.25, 0.3) is 5.91 Å². The lowest BCUT2D eigenvalue weighted by Crippen LogP contribution is -2.13. The molecule has 0 fully saturated rings. The Morgan fingerprint density at radius 1 is 0.821 bits per heavy atom. The lowest BCUT2D eigenvalue weighted by atomic mass is 10.0. The van der Waals surface area contributed by atoms with Crippen LogP contribution < -0.4 is 5.32 Å². The summed E-state index contributed by atoms with van der Waals surface area (Å²) >= 11 is 18.4. The topological polar surface area (TPSA) is 42.0 Å². The van der Waals surface area contributed by atoms with Gasteiger partial charge in [-0.3, -0.25) is 4.79 Å². The Labute approximate surface area is 176 Å². The van der Waals surface area contributed by atoms with Crippen molar-refractivity contribution in [3.8, 4) is 11.3 Å². The standard InChI is InChI=1S/C22H13Cl3N2O/c23-13-9-14(24)11-15(10-13)26-22(28)18-12-21(17-6-1-3-7-19(17)25)27-20-8-4-2-5-16(18)20/h1-12H,(H,26,28). The van der Waals surface area contributed by atoms with Gasteiger partial charge in [-0.15, -0.1) is 0 Å². The van der Waals surface area contributed by atoms with Crippen molar-refractivity contribution in [1.82, 2.24) is 4.98 Å². The molecule has 0 bridgehead atoms. The Kier molecular flexibility index (Phi) is 5.23. The monoisotopic (exact) mass is 426 g/mol. The van der Waals surface area contributed by atoms with Crippen LogP contribution in [0.4, 0.5) is 5.69 Å². The van der Waals surface area contributed by atoms with E-state index in [1.54, 1.807) is 30.3 Å². The van der Waals surface area contributed by atoms with E-state index in [2.05, 4.69) is 10.3 Å². The van der Waals surface area contributed by atoms with Crippen molar-refractivity contribution in [2.45, 2.75) is 0 Å². The lowest BCUT2D eigenvalue weighted by molar-refractivity contribution is 0.102. The third-order valence-corrected chi connectivity index (χ3v) is 5.00. The first-order valence-corrected chi connectivity index (χ1v) is 9.57. The van der Waals surface area contributed by atoms with Gasteiger partial charge in [-0.1, -0.05) is 71.2 Å². The molecule has 0 aliphatic rings. The number of nitrogens with one attached hydrogen (secondary N) is 1. The molecule has 0 unspecified atom stereocenters. The summed E-state index contributed by atoms with van der Waals surface area (Å²) in [6.45, 7) is 0. The van der Waals surface area contributed by atoms with E-state index < -0.39 is 0 Å². The summed E-state index contributed by atoms with van der Waals surface area (Å²) < 4.78 is 0. The highest BCUT2D eigenvalue weighted by atomic mass is 35.5. The van der Waals surface area contributed by atoms with Crippen LogP contribution in [0.2, 0.25) is 15.1 Å². The van der Waals surface area contributed by atoms with Gasteiger partial charge in [-0.2, -0.15) is 0 Å². The third kappa shape index (κ3) is 3.83. The molecule has 1 N–H and O–H groups in total. The highest BCUT2D eigenvalue weighted by Crippen LogP contribution is 2.30. The molecule has 3 aromatic carbocycles. The third-order valence-electron chi connectivity index (χ3n) is 4.23. The van der Waals surface area contributed by atoms with Crippen LogP contribution in [0.1, 0.15) is 10.4 Å². The number of nitrogens with zero attached hydrogens (tertiary/aromatic N) is 1. The molecular formula is C22H13Cl3N2O. The molecule has 1 amide bonds. The van der Waals surface area contributed by atoms with Gasteiger partial charge in [0.1, 0.15) is 0 Å². The molecule has 0 saturated carbocycles. The van der Waals surface area contributed by atoms with Crippen molar-refractivity contribution in [2.75, 3.05) is 5.32 Å². The SMILES string of the molecule is O=C(Nc1cc(Cl)cc(Cl)c1)c1cc(-c2ccccc2Cl)nc2ccccc12. The molecular weight excluding hydrogens is 415 g/mol. The quantitative estimate of drug-likeness (QED) is 0.378. The Morgan fingerprint density at radius 2 is 1.50 bits per heavy atom. The number of carbonyl (C=O) groups is 1. The van der Waals surface area contributed by atoms with Gasteiger partial charge in [0.05, 0.1) is 16.8 Å². The smallest absolute Gasteiger partial charge is 0.256 e. The predicted molar refractivity (Wildman–Crippen MR) is 117 cm³/mol. The number of fused-ring (bicyclic) bond motifs is 1. The Bertz CT molecular complexity index is 1190. The number of hydrogen-bond donors (Lipinski definition) is 1. The zero-order chi connectivity index (χ0) is 19.7. The van der Waals surface area contributed by atoms with Crippen molar-refractivity contribution < 1.29 is 4.79 Å². The number of aromatic nitrogens is 1. The molecule has 4 rings (SSSR count). The fourth-order valence-electron chi connectivity index (χ4n) is 2.99. The van der Waals surface area contributed by atoms with E-state index in [0.717, 1.165) is 10.9 Å². The fourth-order valence-corrected chi connectivity index (χ4v) is 3.75. The second-order valence-corrected chi connectivity index (χ2v) is 7.44. The van der Waals surface area contributed by atoms with Gasteiger partial charge in [0, 0.05) is 31.7 Å². The summed E-state index contributed by atoms with van der Waals surface area (Å²) in [5.74, 6) is -0.287. The molecule has 0 aliphatic heterocycles. The summed E-state index contributed by atoms with van der Waals surface area (Å²) in [5.41, 5.74) is 3.09. The largest absolute Gasteiger partial charge is 0.322 e. The minimum Gasteiger partial charge on any atom is -0.322 e. The normalized spacial score (nSPS) is 10.8. The number of benzene rings is 3. The van der Waals surface area contributed by atoms with E-state index in [4.69, 9.17) is 34.8 Å². The van der Waals surface area contributed by atoms with E-state index in [-0.39, 0.29) is 5.91 Å². The molecule has 3 nitrogen and oxygen atoms in total. The molecule has 28 heavy (non-hydrogen) atoms. The fraction of sp³-hybridized carbons (Fsp3) is 0. The van der Waals surface area contributed by atoms with Crippen molar-refractivity contribution in [3.05, 3.63) is 93.4 Å². The second-order valence-electron chi connectivity index (χ2n) is 6.16. The summed E-state index contributed by atoms with van der Waals surface area (Å²) in [4.78, 5) is 17.7. The number of hydrogen-bond acceptors (Lipinski definition) is 2. The number of rotatable bonds is 3. The average Bonchev–Trinajstić information content (AvgIpc) is 2.66. The van der Waals surface area contributed by atoms with Crippen LogP contribution in [0.15, 0.2) is 72.8 Å². The second kappa shape index (κ2) is 7.80. The summed E-state index contributed by atoms with van der Waals surface area (Å²) in [5, 5.41) is 5.05. The van der Waals surface area contributed by atoms with Crippen molar-refractivity contribution in [3.63, 3.8) is 0 Å². The van der Waals surface area contributed by atoms with Crippen molar-refractivity contribution in [1.29, 1.82) is 0 Å². The average molecular weight is 428 g/mol. The minimum atomic E-state index is -0.287. The summed E-state index contributed by atoms with van der Waals surface area (Å²) in [6.07, 6.45) is 0. The van der Waals surface area contributed by atoms with Crippen LogP contribution in [0.3, 0.4) is 0 Å². The maximum absolute atomic E-state index is 13.1. The first kappa shape index (κ1) is 18.8. The maximum atomic E-state index is 13.1. The van der Waals surface area contributed by atoms with Gasteiger partial charge in [0.2, 0.25) is 0 Å².